The fourth-order valence-corrected chi connectivity index (χ4v) is 3.49. The molecule has 0 saturated carbocycles. The third-order valence-electron chi connectivity index (χ3n) is 3.13. The van der Waals surface area contributed by atoms with Crippen LogP contribution in [0.4, 0.5) is 0 Å². The van der Waals surface area contributed by atoms with Crippen LogP contribution >= 0.6 is 23.5 Å². The van der Waals surface area contributed by atoms with Crippen molar-refractivity contribution in [2.45, 2.75) is 31.9 Å². The van der Waals surface area contributed by atoms with Crippen molar-refractivity contribution < 1.29 is 4.79 Å². The third-order valence-corrected chi connectivity index (χ3v) is 5.28. The first-order valence-corrected chi connectivity index (χ1v) is 8.62. The molecule has 0 aliphatic carbocycles. The minimum Gasteiger partial charge on any atom is -0.285 e. The van der Waals surface area contributed by atoms with Crippen molar-refractivity contribution in [1.82, 2.24) is 0 Å². The van der Waals surface area contributed by atoms with E-state index in [4.69, 9.17) is 0 Å². The smallest absolute Gasteiger partial charge is 0.208 e. The Hall–Kier alpha value is -0.410. The van der Waals surface area contributed by atoms with Gasteiger partial charge in [0.25, 0.3) is 0 Å². The lowest BCUT2D eigenvalue weighted by Gasteiger charge is -2.25. The molecular formula is C15H22OS2. The lowest BCUT2D eigenvalue weighted by molar-refractivity contribution is -0.112. The van der Waals surface area contributed by atoms with Crippen molar-refractivity contribution in [2.24, 2.45) is 5.92 Å². The van der Waals surface area contributed by atoms with Gasteiger partial charge in [0, 0.05) is 0 Å². The van der Waals surface area contributed by atoms with E-state index in [1.807, 2.05) is 19.4 Å². The average molecular weight is 282 g/mol. The molecule has 1 atom stereocenters. The summed E-state index contributed by atoms with van der Waals surface area (Å²) >= 11 is 2.91. The standard InChI is InChI=1S/C15H22OS2/c1-11(2)10-12-6-8-13(9-7-12)15(3,18-5)14(16)17-4/h6-9,11H,10H2,1-5H3. The summed E-state index contributed by atoms with van der Waals surface area (Å²) in [6, 6.07) is 8.50. The first-order chi connectivity index (χ1) is 8.43. The monoisotopic (exact) mass is 282 g/mol. The summed E-state index contributed by atoms with van der Waals surface area (Å²) in [5, 5.41) is 0.214. The summed E-state index contributed by atoms with van der Waals surface area (Å²) in [4.78, 5) is 12.1. The van der Waals surface area contributed by atoms with Crippen molar-refractivity contribution in [3.8, 4) is 0 Å². The van der Waals surface area contributed by atoms with Gasteiger partial charge < -0.3 is 0 Å². The van der Waals surface area contributed by atoms with Gasteiger partial charge in [-0.05, 0) is 42.9 Å². The van der Waals surface area contributed by atoms with E-state index >= 15 is 0 Å². The molecule has 0 amide bonds. The van der Waals surface area contributed by atoms with Crippen LogP contribution < -0.4 is 0 Å². The van der Waals surface area contributed by atoms with Gasteiger partial charge in [0.05, 0.1) is 0 Å². The van der Waals surface area contributed by atoms with Gasteiger partial charge >= 0.3 is 0 Å². The molecule has 0 fully saturated rings. The Balaban J connectivity index is 2.98. The Morgan fingerprint density at radius 3 is 2.17 bits per heavy atom. The molecule has 3 heteroatoms. The quantitative estimate of drug-likeness (QED) is 0.799. The number of benzene rings is 1. The molecule has 1 rings (SSSR count). The molecule has 0 heterocycles. The highest BCUT2D eigenvalue weighted by atomic mass is 32.2. The van der Waals surface area contributed by atoms with Crippen LogP contribution in [0.2, 0.25) is 0 Å². The van der Waals surface area contributed by atoms with Crippen LogP contribution in [-0.4, -0.2) is 17.6 Å². The molecule has 0 radical (unpaired) electrons. The van der Waals surface area contributed by atoms with Gasteiger partial charge in [-0.3, -0.25) is 4.79 Å². The topological polar surface area (TPSA) is 17.1 Å². The van der Waals surface area contributed by atoms with E-state index in [1.165, 1.54) is 17.3 Å². The zero-order valence-electron chi connectivity index (χ0n) is 11.8. The fraction of sp³-hybridized carbons (Fsp3) is 0.533. The first-order valence-electron chi connectivity index (χ1n) is 6.17. The highest BCUT2D eigenvalue weighted by molar-refractivity contribution is 8.15. The van der Waals surface area contributed by atoms with Gasteiger partial charge in [-0.15, -0.1) is 11.8 Å². The summed E-state index contributed by atoms with van der Waals surface area (Å²) in [6.45, 7) is 6.45. The summed E-state index contributed by atoms with van der Waals surface area (Å²) in [6.07, 6.45) is 4.94. The molecule has 100 valence electrons. The molecular weight excluding hydrogens is 260 g/mol. The van der Waals surface area contributed by atoms with Gasteiger partial charge in [-0.25, -0.2) is 0 Å². The highest BCUT2D eigenvalue weighted by Crippen LogP contribution is 2.38. The van der Waals surface area contributed by atoms with E-state index in [1.54, 1.807) is 11.8 Å². The number of hydrogen-bond acceptors (Lipinski definition) is 3. The Kier molecular flexibility index (Phi) is 5.80. The van der Waals surface area contributed by atoms with E-state index < -0.39 is 4.75 Å². The second-order valence-corrected chi connectivity index (χ2v) is 7.03. The van der Waals surface area contributed by atoms with E-state index in [0.717, 1.165) is 12.0 Å². The molecule has 0 saturated heterocycles. The molecule has 0 aliphatic heterocycles. The molecule has 0 spiro atoms. The van der Waals surface area contributed by atoms with Crippen LogP contribution in [-0.2, 0) is 16.0 Å². The van der Waals surface area contributed by atoms with Gasteiger partial charge in [-0.1, -0.05) is 49.9 Å². The van der Waals surface area contributed by atoms with Gasteiger partial charge in [0.1, 0.15) is 4.75 Å². The Morgan fingerprint density at radius 1 is 1.22 bits per heavy atom. The molecule has 18 heavy (non-hydrogen) atoms. The van der Waals surface area contributed by atoms with Crippen LogP contribution in [0.5, 0.6) is 0 Å². The van der Waals surface area contributed by atoms with E-state index in [2.05, 4.69) is 38.1 Å². The minimum atomic E-state index is -0.435. The molecule has 0 aliphatic rings. The maximum atomic E-state index is 12.1. The normalized spacial score (nSPS) is 14.6. The summed E-state index contributed by atoms with van der Waals surface area (Å²) in [5.74, 6) is 0.663. The molecule has 0 bridgehead atoms. The maximum Gasteiger partial charge on any atom is 0.208 e. The number of carbonyl (C=O) groups is 1. The van der Waals surface area contributed by atoms with E-state index in [-0.39, 0.29) is 5.12 Å². The molecule has 1 aromatic carbocycles. The summed E-state index contributed by atoms with van der Waals surface area (Å²) < 4.78 is -0.435. The van der Waals surface area contributed by atoms with Gasteiger partial charge in [0.2, 0.25) is 5.12 Å². The van der Waals surface area contributed by atoms with Crippen LogP contribution in [0.15, 0.2) is 24.3 Å². The lowest BCUT2D eigenvalue weighted by atomic mass is 9.97. The highest BCUT2D eigenvalue weighted by Gasteiger charge is 2.33. The zero-order chi connectivity index (χ0) is 13.8. The van der Waals surface area contributed by atoms with Crippen molar-refractivity contribution in [3.63, 3.8) is 0 Å². The van der Waals surface area contributed by atoms with Crippen molar-refractivity contribution in [2.75, 3.05) is 12.5 Å². The summed E-state index contributed by atoms with van der Waals surface area (Å²) in [7, 11) is 0. The predicted octanol–water partition coefficient (Wildman–Crippen LogP) is 4.35. The van der Waals surface area contributed by atoms with Crippen LogP contribution in [0.1, 0.15) is 31.9 Å². The van der Waals surface area contributed by atoms with Crippen molar-refractivity contribution in [1.29, 1.82) is 0 Å². The average Bonchev–Trinajstić information content (AvgIpc) is 2.37. The molecule has 0 aromatic heterocycles. The fourth-order valence-electron chi connectivity index (χ4n) is 1.94. The Morgan fingerprint density at radius 2 is 1.78 bits per heavy atom. The first kappa shape index (κ1) is 15.6. The number of rotatable bonds is 5. The number of carbonyl (C=O) groups excluding carboxylic acids is 1. The summed E-state index contributed by atoms with van der Waals surface area (Å²) in [5.41, 5.74) is 2.44. The second kappa shape index (κ2) is 6.67. The molecule has 1 unspecified atom stereocenters. The van der Waals surface area contributed by atoms with Gasteiger partial charge in [-0.2, -0.15) is 0 Å². The molecule has 1 nitrogen and oxygen atoms in total. The largest absolute Gasteiger partial charge is 0.285 e. The van der Waals surface area contributed by atoms with Crippen LogP contribution in [0.25, 0.3) is 0 Å². The van der Waals surface area contributed by atoms with Crippen LogP contribution in [0.3, 0.4) is 0 Å². The van der Waals surface area contributed by atoms with E-state index in [0.29, 0.717) is 5.92 Å². The zero-order valence-corrected chi connectivity index (χ0v) is 13.5. The number of hydrogen-bond donors (Lipinski definition) is 0. The van der Waals surface area contributed by atoms with Crippen LogP contribution in [0, 0.1) is 5.92 Å². The minimum absolute atomic E-state index is 0.214. The predicted molar refractivity (Wildman–Crippen MR) is 84.4 cm³/mol. The van der Waals surface area contributed by atoms with Crippen molar-refractivity contribution in [3.05, 3.63) is 35.4 Å². The maximum absolute atomic E-state index is 12.1. The molecule has 1 aromatic rings. The Labute approximate surface area is 119 Å². The number of thioether (sulfide) groups is 2. The molecule has 0 N–H and O–H groups in total. The SMILES string of the molecule is CSC(=O)C(C)(SC)c1ccc(CC(C)C)cc1. The lowest BCUT2D eigenvalue weighted by Crippen LogP contribution is -2.26. The van der Waals surface area contributed by atoms with E-state index in [9.17, 15) is 4.79 Å². The van der Waals surface area contributed by atoms with Gasteiger partial charge in [0.15, 0.2) is 0 Å². The third kappa shape index (κ3) is 3.55. The second-order valence-electron chi connectivity index (χ2n) is 5.02. The van der Waals surface area contributed by atoms with Crippen molar-refractivity contribution >= 4 is 28.6 Å². The Bertz CT molecular complexity index is 397.